The van der Waals surface area contributed by atoms with Gasteiger partial charge in [-0.15, -0.1) is 0 Å². The van der Waals surface area contributed by atoms with Crippen LogP contribution < -0.4 is 9.47 Å². The van der Waals surface area contributed by atoms with Crippen LogP contribution in [0.5, 0.6) is 11.5 Å². The predicted molar refractivity (Wildman–Crippen MR) is 103 cm³/mol. The van der Waals surface area contributed by atoms with E-state index in [2.05, 4.69) is 4.90 Å². The van der Waals surface area contributed by atoms with Gasteiger partial charge in [-0.2, -0.15) is 0 Å². The van der Waals surface area contributed by atoms with E-state index in [-0.39, 0.29) is 12.0 Å². The number of fused-ring (bicyclic) bond motifs is 1. The Kier molecular flexibility index (Phi) is 6.04. The number of hydrogen-bond donors (Lipinski definition) is 1. The highest BCUT2D eigenvalue weighted by Gasteiger charge is 2.43. The van der Waals surface area contributed by atoms with Crippen LogP contribution in [0.3, 0.4) is 0 Å². The van der Waals surface area contributed by atoms with Crippen molar-refractivity contribution in [2.75, 3.05) is 53.0 Å². The normalized spacial score (nSPS) is 30.7. The zero-order valence-corrected chi connectivity index (χ0v) is 16.5. The summed E-state index contributed by atoms with van der Waals surface area (Å²) in [7, 11) is 1.62. The second kappa shape index (κ2) is 8.68. The van der Waals surface area contributed by atoms with Crippen molar-refractivity contribution < 1.29 is 24.1 Å². The summed E-state index contributed by atoms with van der Waals surface area (Å²) in [4.78, 5) is 16.7. The van der Waals surface area contributed by atoms with Gasteiger partial charge in [-0.25, -0.2) is 0 Å². The van der Waals surface area contributed by atoms with Gasteiger partial charge in [-0.1, -0.05) is 12.1 Å². The van der Waals surface area contributed by atoms with Gasteiger partial charge in [0.1, 0.15) is 6.10 Å². The lowest BCUT2D eigenvalue weighted by atomic mass is 9.78. The summed E-state index contributed by atoms with van der Waals surface area (Å²) in [5.74, 6) is 2.40. The molecule has 0 unspecified atom stereocenters. The molecule has 2 saturated heterocycles. The van der Waals surface area contributed by atoms with Crippen molar-refractivity contribution in [1.82, 2.24) is 9.80 Å². The Hall–Kier alpha value is -1.83. The maximum Gasteiger partial charge on any atom is 0.236 e. The van der Waals surface area contributed by atoms with Crippen LogP contribution in [-0.4, -0.2) is 86.1 Å². The Bertz CT molecular complexity index is 679. The molecule has 0 radical (unpaired) electrons. The fraction of sp³-hybridized carbons (Fsp3) is 0.667. The van der Waals surface area contributed by atoms with Crippen LogP contribution in [0, 0.1) is 11.8 Å². The number of nitrogens with zero attached hydrogens (tertiary/aromatic N) is 2. The SMILES string of the molecule is COc1ccccc1O[C@@H]1C[C@@H]2CN(CC(=O)N3CCOCC3)C[C@@H]2C[C@H]1O. The molecule has 7 nitrogen and oxygen atoms in total. The number of carbonyl (C=O) groups is 1. The van der Waals surface area contributed by atoms with Crippen molar-refractivity contribution in [2.45, 2.75) is 25.0 Å². The summed E-state index contributed by atoms with van der Waals surface area (Å²) >= 11 is 0. The average molecular weight is 390 g/mol. The molecule has 4 atom stereocenters. The number of rotatable bonds is 5. The number of morpholine rings is 1. The van der Waals surface area contributed by atoms with Crippen LogP contribution in [0.1, 0.15) is 12.8 Å². The quantitative estimate of drug-likeness (QED) is 0.809. The molecular formula is C21H30N2O5. The Morgan fingerprint density at radius 3 is 2.54 bits per heavy atom. The Morgan fingerprint density at radius 2 is 1.82 bits per heavy atom. The number of benzene rings is 1. The minimum Gasteiger partial charge on any atom is -0.493 e. The number of aliphatic hydroxyl groups excluding tert-OH is 1. The predicted octanol–water partition coefficient (Wildman–Crippen LogP) is 1.00. The lowest BCUT2D eigenvalue weighted by molar-refractivity contribution is -0.136. The molecule has 28 heavy (non-hydrogen) atoms. The van der Waals surface area contributed by atoms with E-state index < -0.39 is 6.10 Å². The second-order valence-electron chi connectivity index (χ2n) is 8.05. The number of amides is 1. The van der Waals surface area contributed by atoms with Crippen LogP contribution in [0.25, 0.3) is 0 Å². The van der Waals surface area contributed by atoms with E-state index >= 15 is 0 Å². The third kappa shape index (κ3) is 4.26. The van der Waals surface area contributed by atoms with Crippen molar-refractivity contribution >= 4 is 5.91 Å². The van der Waals surface area contributed by atoms with Crippen molar-refractivity contribution in [2.24, 2.45) is 11.8 Å². The van der Waals surface area contributed by atoms with E-state index in [0.717, 1.165) is 19.5 Å². The molecule has 1 aliphatic carbocycles. The zero-order chi connectivity index (χ0) is 19.5. The smallest absolute Gasteiger partial charge is 0.236 e. The third-order valence-electron chi connectivity index (χ3n) is 6.23. The number of para-hydroxylation sites is 2. The van der Waals surface area contributed by atoms with E-state index in [4.69, 9.17) is 14.2 Å². The standard InChI is InChI=1S/C21H30N2O5/c1-26-18-4-2-3-5-19(18)28-20-11-16-13-22(12-15(16)10-17(20)24)14-21(25)23-6-8-27-9-7-23/h2-5,15-17,20,24H,6-14H2,1H3/t15-,16+,17+,20+/m0/s1. The maximum absolute atomic E-state index is 12.5. The first kappa shape index (κ1) is 19.5. The van der Waals surface area contributed by atoms with Gasteiger partial charge in [-0.05, 0) is 36.8 Å². The molecule has 2 heterocycles. The summed E-state index contributed by atoms with van der Waals surface area (Å²) in [5, 5.41) is 10.6. The first-order valence-corrected chi connectivity index (χ1v) is 10.2. The fourth-order valence-electron chi connectivity index (χ4n) is 4.73. The third-order valence-corrected chi connectivity index (χ3v) is 6.23. The van der Waals surface area contributed by atoms with Crippen LogP contribution in [0.4, 0.5) is 0 Å². The molecule has 0 aromatic heterocycles. The molecule has 1 saturated carbocycles. The van der Waals surface area contributed by atoms with Crippen LogP contribution in [0.2, 0.25) is 0 Å². The van der Waals surface area contributed by atoms with Gasteiger partial charge in [0.25, 0.3) is 0 Å². The van der Waals surface area contributed by atoms with Gasteiger partial charge in [0, 0.05) is 26.2 Å². The lowest BCUT2D eigenvalue weighted by Crippen LogP contribution is -2.45. The van der Waals surface area contributed by atoms with Crippen molar-refractivity contribution in [3.05, 3.63) is 24.3 Å². The Morgan fingerprint density at radius 1 is 1.14 bits per heavy atom. The largest absolute Gasteiger partial charge is 0.493 e. The van der Waals surface area contributed by atoms with Crippen molar-refractivity contribution in [1.29, 1.82) is 0 Å². The number of likely N-dealkylation sites (tertiary alicyclic amines) is 1. The van der Waals surface area contributed by atoms with Crippen molar-refractivity contribution in [3.63, 3.8) is 0 Å². The monoisotopic (exact) mass is 390 g/mol. The minimum atomic E-state index is -0.499. The van der Waals surface area contributed by atoms with Gasteiger partial charge in [-0.3, -0.25) is 9.69 Å². The highest BCUT2D eigenvalue weighted by molar-refractivity contribution is 5.78. The van der Waals surface area contributed by atoms with Crippen molar-refractivity contribution in [3.8, 4) is 11.5 Å². The first-order chi connectivity index (χ1) is 13.6. The van der Waals surface area contributed by atoms with Crippen LogP contribution in [0.15, 0.2) is 24.3 Å². The summed E-state index contributed by atoms with van der Waals surface area (Å²) in [5.41, 5.74) is 0. The lowest BCUT2D eigenvalue weighted by Gasteiger charge is -2.35. The van der Waals surface area contributed by atoms with Gasteiger partial charge in [0.2, 0.25) is 5.91 Å². The molecule has 3 fully saturated rings. The van der Waals surface area contributed by atoms with Crippen LogP contribution in [-0.2, 0) is 9.53 Å². The molecule has 3 aliphatic rings. The second-order valence-corrected chi connectivity index (χ2v) is 8.05. The molecule has 0 spiro atoms. The highest BCUT2D eigenvalue weighted by atomic mass is 16.5. The average Bonchev–Trinajstić information content (AvgIpc) is 3.10. The summed E-state index contributed by atoms with van der Waals surface area (Å²) < 4.78 is 16.8. The van der Waals surface area contributed by atoms with Gasteiger partial charge in [0.05, 0.1) is 33.0 Å². The van der Waals surface area contributed by atoms with E-state index in [0.29, 0.717) is 62.6 Å². The van der Waals surface area contributed by atoms with Gasteiger partial charge in [0.15, 0.2) is 11.5 Å². The first-order valence-electron chi connectivity index (χ1n) is 10.2. The van der Waals surface area contributed by atoms with Gasteiger partial charge >= 0.3 is 0 Å². The van der Waals surface area contributed by atoms with E-state index in [9.17, 15) is 9.90 Å². The number of hydrogen-bond acceptors (Lipinski definition) is 6. The van der Waals surface area contributed by atoms with E-state index in [1.807, 2.05) is 29.2 Å². The Balaban J connectivity index is 1.33. The summed E-state index contributed by atoms with van der Waals surface area (Å²) in [6.07, 6.45) is 0.771. The summed E-state index contributed by atoms with van der Waals surface area (Å²) in [6, 6.07) is 7.55. The highest BCUT2D eigenvalue weighted by Crippen LogP contribution is 2.39. The molecule has 7 heteroatoms. The molecule has 0 bridgehead atoms. The maximum atomic E-state index is 12.5. The topological polar surface area (TPSA) is 71.5 Å². The number of carbonyl (C=O) groups excluding carboxylic acids is 1. The molecule has 1 aromatic rings. The molecule has 154 valence electrons. The molecule has 4 rings (SSSR count). The van der Waals surface area contributed by atoms with E-state index in [1.54, 1.807) is 7.11 Å². The van der Waals surface area contributed by atoms with Gasteiger partial charge < -0.3 is 24.2 Å². The van der Waals surface area contributed by atoms with Crippen LogP contribution >= 0.6 is 0 Å². The molecule has 1 amide bonds. The number of aliphatic hydroxyl groups is 1. The minimum absolute atomic E-state index is 0.185. The zero-order valence-electron chi connectivity index (χ0n) is 16.5. The summed E-state index contributed by atoms with van der Waals surface area (Å²) in [6.45, 7) is 4.86. The number of methoxy groups -OCH3 is 1. The molecule has 1 aromatic carbocycles. The fourth-order valence-corrected chi connectivity index (χ4v) is 4.73. The number of ether oxygens (including phenoxy) is 3. The molecule has 2 aliphatic heterocycles. The Labute approximate surface area is 166 Å². The van der Waals surface area contributed by atoms with E-state index in [1.165, 1.54) is 0 Å². The molecule has 1 N–H and O–H groups in total. The molecular weight excluding hydrogens is 360 g/mol.